The molecule has 2 rings (SSSR count). The summed E-state index contributed by atoms with van der Waals surface area (Å²) in [6, 6.07) is 0. The minimum absolute atomic E-state index is 0.137. The van der Waals surface area contributed by atoms with Gasteiger partial charge in [0.1, 0.15) is 11.5 Å². The number of amides is 2. The van der Waals surface area contributed by atoms with Crippen molar-refractivity contribution in [2.75, 3.05) is 58.7 Å². The number of anilines is 1. The van der Waals surface area contributed by atoms with Crippen molar-refractivity contribution in [2.45, 2.75) is 6.42 Å². The Kier molecular flexibility index (Phi) is 6.28. The average Bonchev–Trinajstić information content (AvgIpc) is 2.58. The molecule has 1 aliphatic heterocycles. The van der Waals surface area contributed by atoms with Crippen molar-refractivity contribution in [2.24, 2.45) is 0 Å². The molecule has 2 amide bonds. The minimum Gasteiger partial charge on any atom is -0.369 e. The Labute approximate surface area is 136 Å². The minimum atomic E-state index is -0.137. The topological polar surface area (TPSA) is 81.7 Å². The molecule has 0 aliphatic carbocycles. The van der Waals surface area contributed by atoms with Gasteiger partial charge in [0.2, 0.25) is 6.41 Å². The van der Waals surface area contributed by atoms with Crippen LogP contribution < -0.4 is 5.32 Å². The summed E-state index contributed by atoms with van der Waals surface area (Å²) < 4.78 is 0. The summed E-state index contributed by atoms with van der Waals surface area (Å²) >= 11 is 0. The van der Waals surface area contributed by atoms with Crippen molar-refractivity contribution in [3.05, 3.63) is 18.1 Å². The second kappa shape index (κ2) is 8.42. The monoisotopic (exact) mass is 320 g/mol. The number of nitrogens with zero attached hydrogens (tertiary/aromatic N) is 5. The summed E-state index contributed by atoms with van der Waals surface area (Å²) in [4.78, 5) is 36.9. The fourth-order valence-corrected chi connectivity index (χ4v) is 2.33. The smallest absolute Gasteiger partial charge is 0.274 e. The largest absolute Gasteiger partial charge is 0.369 e. The summed E-state index contributed by atoms with van der Waals surface area (Å²) in [5.74, 6) is 0.535. The highest BCUT2D eigenvalue weighted by molar-refractivity contribution is 5.92. The summed E-state index contributed by atoms with van der Waals surface area (Å²) in [6.07, 6.45) is 4.92. The van der Waals surface area contributed by atoms with Crippen molar-refractivity contribution < 1.29 is 9.59 Å². The molecule has 1 fully saturated rings. The van der Waals surface area contributed by atoms with Gasteiger partial charge in [-0.15, -0.1) is 0 Å². The first-order valence-electron chi connectivity index (χ1n) is 7.79. The third kappa shape index (κ3) is 5.17. The van der Waals surface area contributed by atoms with E-state index < -0.39 is 0 Å². The molecule has 0 bridgehead atoms. The highest BCUT2D eigenvalue weighted by Crippen LogP contribution is 2.07. The highest BCUT2D eigenvalue weighted by Gasteiger charge is 2.22. The number of nitrogens with one attached hydrogen (secondary N) is 1. The molecule has 0 saturated carbocycles. The van der Waals surface area contributed by atoms with Crippen molar-refractivity contribution in [1.82, 2.24) is 24.7 Å². The lowest BCUT2D eigenvalue weighted by atomic mass is 10.3. The average molecular weight is 320 g/mol. The number of rotatable bonds is 7. The zero-order valence-electron chi connectivity index (χ0n) is 13.7. The van der Waals surface area contributed by atoms with Gasteiger partial charge in [0.25, 0.3) is 5.91 Å². The van der Waals surface area contributed by atoms with Crippen LogP contribution in [0, 0.1) is 0 Å². The molecule has 8 nitrogen and oxygen atoms in total. The van der Waals surface area contributed by atoms with Crippen LogP contribution >= 0.6 is 0 Å². The molecule has 0 atom stereocenters. The van der Waals surface area contributed by atoms with Crippen LogP contribution in [0.15, 0.2) is 12.4 Å². The molecule has 0 unspecified atom stereocenters. The van der Waals surface area contributed by atoms with Crippen molar-refractivity contribution in [3.63, 3.8) is 0 Å². The van der Waals surface area contributed by atoms with Gasteiger partial charge in [0.15, 0.2) is 0 Å². The second-order valence-electron chi connectivity index (χ2n) is 5.80. The van der Waals surface area contributed by atoms with Gasteiger partial charge in [-0.2, -0.15) is 0 Å². The molecule has 23 heavy (non-hydrogen) atoms. The number of carbonyl (C=O) groups is 2. The third-order valence-electron chi connectivity index (χ3n) is 3.71. The fourth-order valence-electron chi connectivity index (χ4n) is 2.33. The molecular weight excluding hydrogens is 296 g/mol. The van der Waals surface area contributed by atoms with E-state index >= 15 is 0 Å². The van der Waals surface area contributed by atoms with Gasteiger partial charge >= 0.3 is 0 Å². The van der Waals surface area contributed by atoms with Crippen LogP contribution in [0.25, 0.3) is 0 Å². The first-order chi connectivity index (χ1) is 11.1. The predicted octanol–water partition coefficient (Wildman–Crippen LogP) is -0.246. The summed E-state index contributed by atoms with van der Waals surface area (Å²) in [5, 5.41) is 3.19. The van der Waals surface area contributed by atoms with Gasteiger partial charge < -0.3 is 20.0 Å². The molecule has 8 heteroatoms. The van der Waals surface area contributed by atoms with E-state index in [-0.39, 0.29) is 5.91 Å². The standard InChI is InChI=1S/C15H24N6O2/c1-19(2)5-3-4-16-14-11-17-13(10-18-14)15(23)21-8-6-20(12-22)7-9-21/h10-12H,3-9H2,1-2H3,(H,16,18). The van der Waals surface area contributed by atoms with E-state index in [0.717, 1.165) is 25.9 Å². The van der Waals surface area contributed by atoms with Gasteiger partial charge in [-0.1, -0.05) is 0 Å². The van der Waals surface area contributed by atoms with E-state index in [9.17, 15) is 9.59 Å². The molecule has 1 aliphatic rings. The molecule has 1 saturated heterocycles. The van der Waals surface area contributed by atoms with E-state index in [1.165, 1.54) is 6.20 Å². The maximum absolute atomic E-state index is 12.3. The first kappa shape index (κ1) is 17.1. The molecule has 0 spiro atoms. The Morgan fingerprint density at radius 3 is 2.57 bits per heavy atom. The van der Waals surface area contributed by atoms with Crippen LogP contribution in [-0.4, -0.2) is 90.3 Å². The van der Waals surface area contributed by atoms with Crippen molar-refractivity contribution >= 4 is 18.1 Å². The Bertz CT molecular complexity index is 511. The molecule has 1 N–H and O–H groups in total. The van der Waals surface area contributed by atoms with Gasteiger partial charge in [0.05, 0.1) is 12.4 Å². The number of aromatic nitrogens is 2. The highest BCUT2D eigenvalue weighted by atomic mass is 16.2. The summed E-state index contributed by atoms with van der Waals surface area (Å²) in [5.41, 5.74) is 0.336. The van der Waals surface area contributed by atoms with E-state index in [1.54, 1.807) is 16.0 Å². The number of hydrogen-bond donors (Lipinski definition) is 1. The molecule has 0 radical (unpaired) electrons. The van der Waals surface area contributed by atoms with Gasteiger partial charge in [0, 0.05) is 32.7 Å². The van der Waals surface area contributed by atoms with Gasteiger partial charge in [-0.3, -0.25) is 9.59 Å². The molecular formula is C15H24N6O2. The van der Waals surface area contributed by atoms with E-state index in [4.69, 9.17) is 0 Å². The normalized spacial score (nSPS) is 14.9. The quantitative estimate of drug-likeness (QED) is 0.551. The Hall–Kier alpha value is -2.22. The van der Waals surface area contributed by atoms with Crippen molar-refractivity contribution in [3.8, 4) is 0 Å². The Morgan fingerprint density at radius 1 is 1.26 bits per heavy atom. The van der Waals surface area contributed by atoms with Gasteiger partial charge in [-0.25, -0.2) is 9.97 Å². The van der Waals surface area contributed by atoms with E-state index in [1.807, 2.05) is 14.1 Å². The zero-order chi connectivity index (χ0) is 16.7. The number of piperazine rings is 1. The lowest BCUT2D eigenvalue weighted by Gasteiger charge is -2.32. The molecule has 0 aromatic carbocycles. The second-order valence-corrected chi connectivity index (χ2v) is 5.80. The number of carbonyl (C=O) groups excluding carboxylic acids is 2. The van der Waals surface area contributed by atoms with E-state index in [0.29, 0.717) is 37.7 Å². The maximum Gasteiger partial charge on any atom is 0.274 e. The Morgan fingerprint density at radius 2 is 2.00 bits per heavy atom. The lowest BCUT2D eigenvalue weighted by Crippen LogP contribution is -2.48. The van der Waals surface area contributed by atoms with Crippen LogP contribution in [0.1, 0.15) is 16.9 Å². The summed E-state index contributed by atoms with van der Waals surface area (Å²) in [7, 11) is 4.07. The molecule has 2 heterocycles. The predicted molar refractivity (Wildman–Crippen MR) is 87.2 cm³/mol. The number of hydrogen-bond acceptors (Lipinski definition) is 6. The third-order valence-corrected chi connectivity index (χ3v) is 3.71. The van der Waals surface area contributed by atoms with Crippen LogP contribution in [0.5, 0.6) is 0 Å². The van der Waals surface area contributed by atoms with Crippen LogP contribution in [0.4, 0.5) is 5.82 Å². The van der Waals surface area contributed by atoms with Crippen LogP contribution in [0.2, 0.25) is 0 Å². The zero-order valence-corrected chi connectivity index (χ0v) is 13.7. The first-order valence-corrected chi connectivity index (χ1v) is 7.79. The molecule has 1 aromatic heterocycles. The Balaban J connectivity index is 1.82. The van der Waals surface area contributed by atoms with Crippen LogP contribution in [-0.2, 0) is 4.79 Å². The molecule has 1 aromatic rings. The maximum atomic E-state index is 12.3. The van der Waals surface area contributed by atoms with Crippen LogP contribution in [0.3, 0.4) is 0 Å². The van der Waals surface area contributed by atoms with Gasteiger partial charge in [-0.05, 0) is 27.1 Å². The SMILES string of the molecule is CN(C)CCCNc1cnc(C(=O)N2CCN(C=O)CC2)cn1. The fraction of sp³-hybridized carbons (Fsp3) is 0.600. The summed E-state index contributed by atoms with van der Waals surface area (Å²) in [6.45, 7) is 4.01. The van der Waals surface area contributed by atoms with Crippen molar-refractivity contribution in [1.29, 1.82) is 0 Å². The molecule has 126 valence electrons. The lowest BCUT2D eigenvalue weighted by molar-refractivity contribution is -0.119. The van der Waals surface area contributed by atoms with E-state index in [2.05, 4.69) is 20.2 Å².